The average Bonchev–Trinajstić information content (AvgIpc) is 3.50. The lowest BCUT2D eigenvalue weighted by molar-refractivity contribution is -0.127. The van der Waals surface area contributed by atoms with Crippen molar-refractivity contribution in [3.63, 3.8) is 0 Å². The molecule has 0 aromatic carbocycles. The Labute approximate surface area is 233 Å². The molecule has 2 rings (SSSR count). The Hall–Kier alpha value is -2.10. The van der Waals surface area contributed by atoms with E-state index in [1.165, 1.54) is 0 Å². The van der Waals surface area contributed by atoms with Gasteiger partial charge in [-0.25, -0.2) is 0 Å². The molecule has 9 heteroatoms. The van der Waals surface area contributed by atoms with E-state index in [9.17, 15) is 14.4 Å². The summed E-state index contributed by atoms with van der Waals surface area (Å²) >= 11 is 0. The van der Waals surface area contributed by atoms with Gasteiger partial charge in [0.1, 0.15) is 6.29 Å². The molecular formula is C29H60N6O3. The number of nitrogens with zero attached hydrogens (tertiary/aromatic N) is 1. The molecule has 2 aliphatic heterocycles. The van der Waals surface area contributed by atoms with Gasteiger partial charge in [0.05, 0.1) is 18.9 Å². The molecule has 2 fully saturated rings. The third-order valence-corrected chi connectivity index (χ3v) is 5.99. The van der Waals surface area contributed by atoms with Crippen molar-refractivity contribution in [3.05, 3.63) is 12.7 Å². The van der Waals surface area contributed by atoms with E-state index in [0.717, 1.165) is 45.3 Å². The lowest BCUT2D eigenvalue weighted by atomic mass is 9.88. The Kier molecular flexibility index (Phi) is 25.5. The van der Waals surface area contributed by atoms with Crippen molar-refractivity contribution in [2.45, 2.75) is 93.8 Å². The van der Waals surface area contributed by atoms with Crippen LogP contribution in [0.5, 0.6) is 0 Å². The first-order valence-corrected chi connectivity index (χ1v) is 14.0. The molecule has 2 aliphatic rings. The summed E-state index contributed by atoms with van der Waals surface area (Å²) in [7, 11) is 1.93. The van der Waals surface area contributed by atoms with Crippen LogP contribution in [0.3, 0.4) is 0 Å². The van der Waals surface area contributed by atoms with Gasteiger partial charge in [0.25, 0.3) is 0 Å². The summed E-state index contributed by atoms with van der Waals surface area (Å²) in [6.45, 7) is 27.5. The maximum atomic E-state index is 12.4. The number of amides is 2. The molecule has 2 heterocycles. The Morgan fingerprint density at radius 2 is 1.79 bits per heavy atom. The fourth-order valence-electron chi connectivity index (χ4n) is 3.81. The molecule has 2 amide bonds. The van der Waals surface area contributed by atoms with Crippen molar-refractivity contribution in [3.8, 4) is 0 Å². The summed E-state index contributed by atoms with van der Waals surface area (Å²) in [6, 6.07) is -0.0151. The lowest BCUT2D eigenvalue weighted by Gasteiger charge is -2.30. The number of aldehydes is 1. The van der Waals surface area contributed by atoms with Gasteiger partial charge in [0, 0.05) is 31.0 Å². The van der Waals surface area contributed by atoms with E-state index in [-0.39, 0.29) is 35.4 Å². The monoisotopic (exact) mass is 540 g/mol. The maximum absolute atomic E-state index is 12.4. The summed E-state index contributed by atoms with van der Waals surface area (Å²) in [6.07, 6.45) is 6.01. The summed E-state index contributed by atoms with van der Waals surface area (Å²) in [5.41, 5.74) is -0.139. The molecular weight excluding hydrogens is 480 g/mol. The van der Waals surface area contributed by atoms with Crippen molar-refractivity contribution in [1.29, 1.82) is 5.41 Å². The second kappa shape index (κ2) is 24.0. The molecule has 0 saturated carbocycles. The number of rotatable bonds is 9. The standard InChI is InChI=1S/C16H32N4O.C5H9NO.C5H10O.C2H6.CH3N/c1-6-8-14(17-5)19-11-20-10-9-13(12(3)4)15(20)16(21)18-7-2;1-4-2-3-6-5(4)7;1-5(2,3)4-6;2*1-2/h6,12-15,17,19H,1,7-11H2,2-5H3,(H,18,21);4H,2-3H2,1H3,(H,6,7);4H,1-3H3;1-2H3;2H,1H2/t13-,14-,15?;;;;/m1..../s1. The number of carbonyl (C=O) groups is 3. The first-order chi connectivity index (χ1) is 17.9. The van der Waals surface area contributed by atoms with Crippen LogP contribution < -0.4 is 21.3 Å². The minimum absolute atomic E-state index is 0.0151. The summed E-state index contributed by atoms with van der Waals surface area (Å²) in [5, 5.41) is 17.9. The van der Waals surface area contributed by atoms with Gasteiger partial charge in [0.2, 0.25) is 11.8 Å². The zero-order valence-corrected chi connectivity index (χ0v) is 26.1. The fourth-order valence-corrected chi connectivity index (χ4v) is 3.81. The predicted octanol–water partition coefficient (Wildman–Crippen LogP) is 3.80. The Balaban J connectivity index is -0.000000586. The third-order valence-electron chi connectivity index (χ3n) is 5.99. The molecule has 5 N–H and O–H groups in total. The summed E-state index contributed by atoms with van der Waals surface area (Å²) in [5.74, 6) is 1.60. The van der Waals surface area contributed by atoms with Gasteiger partial charge in [-0.15, -0.1) is 6.58 Å². The third kappa shape index (κ3) is 18.2. The van der Waals surface area contributed by atoms with Crippen molar-refractivity contribution in [2.75, 3.05) is 33.4 Å². The van der Waals surface area contributed by atoms with Gasteiger partial charge in [-0.1, -0.05) is 61.5 Å². The highest BCUT2D eigenvalue weighted by atomic mass is 16.2. The minimum atomic E-state index is -0.139. The first-order valence-electron chi connectivity index (χ1n) is 14.0. The molecule has 0 aliphatic carbocycles. The van der Waals surface area contributed by atoms with E-state index in [1.54, 1.807) is 0 Å². The van der Waals surface area contributed by atoms with Crippen LogP contribution in [0.1, 0.15) is 81.6 Å². The van der Waals surface area contributed by atoms with Gasteiger partial charge < -0.3 is 26.2 Å². The van der Waals surface area contributed by atoms with Crippen LogP contribution in [0.4, 0.5) is 0 Å². The number of hydrogen-bond donors (Lipinski definition) is 5. The molecule has 224 valence electrons. The highest BCUT2D eigenvalue weighted by Gasteiger charge is 2.40. The van der Waals surface area contributed by atoms with Gasteiger partial charge in [-0.2, -0.15) is 0 Å². The largest absolute Gasteiger partial charge is 0.356 e. The van der Waals surface area contributed by atoms with Crippen LogP contribution in [-0.2, 0) is 14.4 Å². The molecule has 0 radical (unpaired) electrons. The smallest absolute Gasteiger partial charge is 0.237 e. The topological polar surface area (TPSA) is 126 Å². The molecule has 38 heavy (non-hydrogen) atoms. The van der Waals surface area contributed by atoms with Crippen LogP contribution in [-0.4, -0.2) is 75.3 Å². The van der Waals surface area contributed by atoms with E-state index in [1.807, 2.05) is 61.6 Å². The summed E-state index contributed by atoms with van der Waals surface area (Å²) < 4.78 is 0. The Morgan fingerprint density at radius 1 is 1.24 bits per heavy atom. The lowest BCUT2D eigenvalue weighted by Crippen LogP contribution is -2.52. The Bertz CT molecular complexity index is 636. The first kappa shape index (κ1) is 40.4. The molecule has 0 spiro atoms. The fraction of sp³-hybridized carbons (Fsp3) is 0.793. The molecule has 0 bridgehead atoms. The number of nitrogens with one attached hydrogen (secondary N) is 5. The van der Waals surface area contributed by atoms with Crippen LogP contribution in [0, 0.1) is 28.6 Å². The zero-order chi connectivity index (χ0) is 30.3. The maximum Gasteiger partial charge on any atom is 0.237 e. The second-order valence-corrected chi connectivity index (χ2v) is 10.5. The van der Waals surface area contributed by atoms with Crippen LogP contribution in [0.25, 0.3) is 0 Å². The van der Waals surface area contributed by atoms with Gasteiger partial charge >= 0.3 is 0 Å². The predicted molar refractivity (Wildman–Crippen MR) is 161 cm³/mol. The highest BCUT2D eigenvalue weighted by molar-refractivity contribution is 5.82. The molecule has 9 nitrogen and oxygen atoms in total. The SMILES string of the molecule is C=CC[C@H](NC)NCN1CC[C@H](C(C)C)C1C(=O)NCC.C=N.CC.CC(C)(C)C=O.CC1CCNC1=O. The highest BCUT2D eigenvalue weighted by Crippen LogP contribution is 2.30. The van der Waals surface area contributed by atoms with Crippen LogP contribution >= 0.6 is 0 Å². The number of hydrogen-bond acceptors (Lipinski definition) is 7. The van der Waals surface area contributed by atoms with Gasteiger partial charge in [-0.05, 0) is 51.8 Å². The number of likely N-dealkylation sites (N-methyl/N-ethyl adjacent to an activating group) is 1. The molecule has 4 atom stereocenters. The zero-order valence-electron chi connectivity index (χ0n) is 26.1. The molecule has 0 aromatic heterocycles. The quantitative estimate of drug-likeness (QED) is 0.131. The van der Waals surface area contributed by atoms with Gasteiger partial charge in [-0.3, -0.25) is 19.8 Å². The van der Waals surface area contributed by atoms with E-state index >= 15 is 0 Å². The van der Waals surface area contributed by atoms with Crippen LogP contribution in [0.15, 0.2) is 12.7 Å². The van der Waals surface area contributed by atoms with E-state index in [4.69, 9.17) is 5.41 Å². The molecule has 2 saturated heterocycles. The summed E-state index contributed by atoms with van der Waals surface area (Å²) in [4.78, 5) is 35.0. The van der Waals surface area contributed by atoms with E-state index in [0.29, 0.717) is 18.4 Å². The van der Waals surface area contributed by atoms with Crippen molar-refractivity contribution in [1.82, 2.24) is 26.2 Å². The molecule has 0 aromatic rings. The van der Waals surface area contributed by atoms with E-state index in [2.05, 4.69) is 53.3 Å². The molecule has 2 unspecified atom stereocenters. The van der Waals surface area contributed by atoms with Crippen molar-refractivity contribution in [2.24, 2.45) is 23.2 Å². The van der Waals surface area contributed by atoms with Gasteiger partial charge in [0.15, 0.2) is 0 Å². The number of carbonyl (C=O) groups excluding carboxylic acids is 3. The Morgan fingerprint density at radius 3 is 2.11 bits per heavy atom. The van der Waals surface area contributed by atoms with E-state index < -0.39 is 0 Å². The van der Waals surface area contributed by atoms with Crippen molar-refractivity contribution >= 4 is 24.8 Å². The second-order valence-electron chi connectivity index (χ2n) is 10.5. The normalized spacial score (nSPS) is 21.0. The minimum Gasteiger partial charge on any atom is -0.356 e. The van der Waals surface area contributed by atoms with Crippen LogP contribution in [0.2, 0.25) is 0 Å². The average molecular weight is 541 g/mol. The van der Waals surface area contributed by atoms with Crippen molar-refractivity contribution < 1.29 is 14.4 Å². The number of likely N-dealkylation sites (tertiary alicyclic amines) is 1.